The second kappa shape index (κ2) is 4.53. The predicted octanol–water partition coefficient (Wildman–Crippen LogP) is 3.50. The molecule has 0 saturated carbocycles. The number of aryl methyl sites for hydroxylation is 1. The van der Waals surface area contributed by atoms with E-state index in [9.17, 15) is 0 Å². The lowest BCUT2D eigenvalue weighted by atomic mass is 10.2. The molecular weight excluding hydrogens is 322 g/mol. The number of aromatic nitrogens is 2. The fraction of sp³-hybridized carbons (Fsp3) is 0.182. The Hall–Kier alpha value is -0.550. The molecule has 1 aromatic carbocycles. The Bertz CT molecular complexity index is 442. The van der Waals surface area contributed by atoms with E-state index in [0.717, 1.165) is 15.3 Å². The Morgan fingerprint density at radius 1 is 1.33 bits per heavy atom. The third-order valence-corrected chi connectivity index (χ3v) is 3.46. The van der Waals surface area contributed by atoms with Gasteiger partial charge < -0.3 is 0 Å². The van der Waals surface area contributed by atoms with Gasteiger partial charge in [-0.2, -0.15) is 5.10 Å². The van der Waals surface area contributed by atoms with Gasteiger partial charge in [0.05, 0.1) is 6.54 Å². The van der Waals surface area contributed by atoms with Gasteiger partial charge in [0.25, 0.3) is 0 Å². The molecule has 0 spiro atoms. The molecule has 0 fully saturated rings. The lowest BCUT2D eigenvalue weighted by Crippen LogP contribution is -1.99. The van der Waals surface area contributed by atoms with Crippen LogP contribution in [0.1, 0.15) is 11.1 Å². The van der Waals surface area contributed by atoms with Crippen molar-refractivity contribution in [2.24, 2.45) is 0 Å². The summed E-state index contributed by atoms with van der Waals surface area (Å²) < 4.78 is 3.00. The van der Waals surface area contributed by atoms with Crippen molar-refractivity contribution in [1.29, 1.82) is 0 Å². The van der Waals surface area contributed by atoms with Gasteiger partial charge in [-0.05, 0) is 47.2 Å². The lowest BCUT2D eigenvalue weighted by molar-refractivity contribution is 0.681. The molecule has 15 heavy (non-hydrogen) atoms. The molecule has 0 unspecified atom stereocenters. The van der Waals surface area contributed by atoms with Crippen LogP contribution in [-0.4, -0.2) is 9.78 Å². The maximum atomic E-state index is 5.82. The van der Waals surface area contributed by atoms with Gasteiger partial charge >= 0.3 is 0 Å². The largest absolute Gasteiger partial charge is 0.267 e. The van der Waals surface area contributed by atoms with Crippen molar-refractivity contribution < 1.29 is 0 Å². The van der Waals surface area contributed by atoms with Crippen LogP contribution in [0.15, 0.2) is 30.5 Å². The van der Waals surface area contributed by atoms with Crippen molar-refractivity contribution >= 4 is 34.2 Å². The summed E-state index contributed by atoms with van der Waals surface area (Å²) >= 11 is 8.06. The van der Waals surface area contributed by atoms with Crippen LogP contribution in [0.3, 0.4) is 0 Å². The van der Waals surface area contributed by atoms with E-state index in [1.54, 1.807) is 0 Å². The van der Waals surface area contributed by atoms with Gasteiger partial charge in [-0.15, -0.1) is 0 Å². The Labute approximate surface area is 107 Å². The number of hydrogen-bond donors (Lipinski definition) is 0. The third-order valence-electron chi connectivity index (χ3n) is 2.14. The molecule has 0 atom stereocenters. The Morgan fingerprint density at radius 2 is 2.00 bits per heavy atom. The number of benzene rings is 1. The van der Waals surface area contributed by atoms with Crippen LogP contribution in [-0.2, 0) is 6.54 Å². The molecule has 78 valence electrons. The maximum Gasteiger partial charge on any atom is 0.126 e. The Kier molecular flexibility index (Phi) is 3.31. The molecule has 2 nitrogen and oxygen atoms in total. The Morgan fingerprint density at radius 3 is 2.53 bits per heavy atom. The average Bonchev–Trinajstić information content (AvgIpc) is 2.50. The summed E-state index contributed by atoms with van der Waals surface area (Å²) in [5, 5.41) is 5.17. The molecule has 2 rings (SSSR count). The van der Waals surface area contributed by atoms with Gasteiger partial charge in [0.1, 0.15) is 3.70 Å². The van der Waals surface area contributed by atoms with Crippen molar-refractivity contribution in [3.05, 3.63) is 50.3 Å². The summed E-state index contributed by atoms with van der Waals surface area (Å²) in [6.07, 6.45) is 2.05. The summed E-state index contributed by atoms with van der Waals surface area (Å²) in [4.78, 5) is 0. The van der Waals surface area contributed by atoms with E-state index in [1.165, 1.54) is 11.1 Å². The van der Waals surface area contributed by atoms with Crippen molar-refractivity contribution in [1.82, 2.24) is 9.78 Å². The fourth-order valence-electron chi connectivity index (χ4n) is 1.36. The smallest absolute Gasteiger partial charge is 0.126 e. The second-order valence-electron chi connectivity index (χ2n) is 3.43. The van der Waals surface area contributed by atoms with Gasteiger partial charge in [0.15, 0.2) is 0 Å². The summed E-state index contributed by atoms with van der Waals surface area (Å²) in [5.41, 5.74) is 2.42. The third kappa shape index (κ3) is 2.72. The first-order valence-electron chi connectivity index (χ1n) is 4.59. The zero-order valence-corrected chi connectivity index (χ0v) is 11.2. The quantitative estimate of drug-likeness (QED) is 0.770. The van der Waals surface area contributed by atoms with Crippen LogP contribution in [0.5, 0.6) is 0 Å². The first-order valence-corrected chi connectivity index (χ1v) is 6.05. The SMILES string of the molecule is Cc1cn(Cc2ccc(Cl)cc2)nc1I. The minimum atomic E-state index is 0.768. The van der Waals surface area contributed by atoms with Gasteiger partial charge in [-0.3, -0.25) is 4.68 Å². The zero-order chi connectivity index (χ0) is 10.8. The standard InChI is InChI=1S/C11H10ClIN2/c1-8-6-15(14-11(8)13)7-9-2-4-10(12)5-3-9/h2-6H,7H2,1H3. The minimum absolute atomic E-state index is 0.768. The summed E-state index contributed by atoms with van der Waals surface area (Å²) in [7, 11) is 0. The molecule has 4 heteroatoms. The van der Waals surface area contributed by atoms with E-state index in [2.05, 4.69) is 40.8 Å². The van der Waals surface area contributed by atoms with Crippen LogP contribution < -0.4 is 0 Å². The van der Waals surface area contributed by atoms with E-state index in [4.69, 9.17) is 11.6 Å². The molecule has 1 aromatic heterocycles. The predicted molar refractivity (Wildman–Crippen MR) is 70.2 cm³/mol. The van der Waals surface area contributed by atoms with Crippen molar-refractivity contribution in [2.45, 2.75) is 13.5 Å². The van der Waals surface area contributed by atoms with Gasteiger partial charge in [-0.1, -0.05) is 23.7 Å². The topological polar surface area (TPSA) is 17.8 Å². The van der Waals surface area contributed by atoms with Gasteiger partial charge in [0, 0.05) is 16.8 Å². The Balaban J connectivity index is 2.18. The number of hydrogen-bond acceptors (Lipinski definition) is 1. The molecule has 0 radical (unpaired) electrons. The molecule has 0 N–H and O–H groups in total. The average molecular weight is 333 g/mol. The van der Waals surface area contributed by atoms with Crippen LogP contribution in [0.25, 0.3) is 0 Å². The maximum absolute atomic E-state index is 5.82. The monoisotopic (exact) mass is 332 g/mol. The highest BCUT2D eigenvalue weighted by atomic mass is 127. The first kappa shape index (κ1) is 11.0. The molecule has 0 aliphatic heterocycles. The summed E-state index contributed by atoms with van der Waals surface area (Å²) in [6, 6.07) is 7.84. The number of nitrogens with zero attached hydrogens (tertiary/aromatic N) is 2. The molecular formula is C11H10ClIN2. The van der Waals surface area contributed by atoms with Crippen LogP contribution in [0, 0.1) is 10.6 Å². The van der Waals surface area contributed by atoms with Crippen LogP contribution in [0.2, 0.25) is 5.02 Å². The molecule has 0 saturated heterocycles. The van der Waals surface area contributed by atoms with Crippen molar-refractivity contribution in [3.63, 3.8) is 0 Å². The zero-order valence-electron chi connectivity index (χ0n) is 8.24. The molecule has 0 aliphatic carbocycles. The van der Waals surface area contributed by atoms with E-state index in [-0.39, 0.29) is 0 Å². The highest BCUT2D eigenvalue weighted by Crippen LogP contribution is 2.12. The second-order valence-corrected chi connectivity index (χ2v) is 4.89. The van der Waals surface area contributed by atoms with Gasteiger partial charge in [-0.25, -0.2) is 0 Å². The lowest BCUT2D eigenvalue weighted by Gasteiger charge is -2.01. The highest BCUT2D eigenvalue weighted by Gasteiger charge is 2.01. The van der Waals surface area contributed by atoms with E-state index in [1.807, 2.05) is 28.9 Å². The van der Waals surface area contributed by atoms with E-state index in [0.29, 0.717) is 0 Å². The number of rotatable bonds is 2. The fourth-order valence-corrected chi connectivity index (χ4v) is 1.90. The van der Waals surface area contributed by atoms with E-state index >= 15 is 0 Å². The minimum Gasteiger partial charge on any atom is -0.267 e. The summed E-state index contributed by atoms with van der Waals surface area (Å²) in [5.74, 6) is 0. The van der Waals surface area contributed by atoms with Crippen LogP contribution in [0.4, 0.5) is 0 Å². The molecule has 1 heterocycles. The number of halogens is 2. The van der Waals surface area contributed by atoms with Crippen molar-refractivity contribution in [3.8, 4) is 0 Å². The molecule has 2 aromatic rings. The van der Waals surface area contributed by atoms with Crippen LogP contribution >= 0.6 is 34.2 Å². The molecule has 0 amide bonds. The van der Waals surface area contributed by atoms with Crippen molar-refractivity contribution in [2.75, 3.05) is 0 Å². The first-order chi connectivity index (χ1) is 7.15. The molecule has 0 aliphatic rings. The molecule has 0 bridgehead atoms. The summed E-state index contributed by atoms with van der Waals surface area (Å²) in [6.45, 7) is 2.86. The van der Waals surface area contributed by atoms with Gasteiger partial charge in [0.2, 0.25) is 0 Å². The normalized spacial score (nSPS) is 10.6. The highest BCUT2D eigenvalue weighted by molar-refractivity contribution is 14.1. The van der Waals surface area contributed by atoms with E-state index < -0.39 is 0 Å².